The first-order valence-corrected chi connectivity index (χ1v) is 6.51. The normalized spacial score (nSPS) is 17.8. The molecule has 0 aromatic carbocycles. The predicted octanol–water partition coefficient (Wildman–Crippen LogP) is 0.477. The molecular weight excluding hydrogens is 228 g/mol. The summed E-state index contributed by atoms with van der Waals surface area (Å²) in [5.41, 5.74) is 7.97. The van der Waals surface area contributed by atoms with Gasteiger partial charge in [0, 0.05) is 32.4 Å². The molecule has 1 aliphatic heterocycles. The molecule has 2 rings (SSSR count). The van der Waals surface area contributed by atoms with Crippen LogP contribution in [0.2, 0.25) is 0 Å². The molecule has 1 saturated heterocycles. The molecule has 100 valence electrons. The van der Waals surface area contributed by atoms with Crippen molar-refractivity contribution >= 4 is 11.5 Å². The zero-order chi connectivity index (χ0) is 13.0. The lowest BCUT2D eigenvalue weighted by Crippen LogP contribution is -2.33. The summed E-state index contributed by atoms with van der Waals surface area (Å²) in [5.74, 6) is 0.904. The fourth-order valence-electron chi connectivity index (χ4n) is 2.36. The van der Waals surface area contributed by atoms with Gasteiger partial charge in [0.2, 0.25) is 0 Å². The van der Waals surface area contributed by atoms with Crippen LogP contribution < -0.4 is 10.6 Å². The average Bonchev–Trinajstić information content (AvgIpc) is 2.59. The summed E-state index contributed by atoms with van der Waals surface area (Å²) in [7, 11) is 0. The predicted molar refractivity (Wildman–Crippen MR) is 73.7 cm³/mol. The van der Waals surface area contributed by atoms with E-state index in [1.54, 1.807) is 0 Å². The first-order chi connectivity index (χ1) is 8.72. The highest BCUT2D eigenvalue weighted by atomic mass is 16.3. The molecule has 1 aromatic rings. The van der Waals surface area contributed by atoms with E-state index in [1.165, 1.54) is 0 Å². The minimum absolute atomic E-state index is 0.227. The summed E-state index contributed by atoms with van der Waals surface area (Å²) >= 11 is 0. The molecule has 0 saturated carbocycles. The van der Waals surface area contributed by atoms with Gasteiger partial charge >= 0.3 is 0 Å². The maximum Gasteiger partial charge on any atom is 0.152 e. The number of hydrogen-bond acceptors (Lipinski definition) is 5. The van der Waals surface area contributed by atoms with Crippen LogP contribution >= 0.6 is 0 Å². The lowest BCUT2D eigenvalue weighted by Gasteiger charge is -2.24. The summed E-state index contributed by atoms with van der Waals surface area (Å²) in [6, 6.07) is 1.94. The van der Waals surface area contributed by atoms with Gasteiger partial charge in [-0.3, -0.25) is 4.90 Å². The molecule has 0 bridgehead atoms. The number of β-amino-alcohol motifs (C(OH)–C–C–N with tert-alkyl or cyclic N) is 1. The number of nitrogens with zero attached hydrogens (tertiary/aromatic N) is 3. The quantitative estimate of drug-likeness (QED) is 0.816. The molecule has 5 heteroatoms. The Morgan fingerprint density at radius 2 is 2.17 bits per heavy atom. The number of nitrogens with two attached hydrogens (primary N) is 1. The third kappa shape index (κ3) is 2.91. The molecule has 0 unspecified atom stereocenters. The molecule has 0 amide bonds. The van der Waals surface area contributed by atoms with Gasteiger partial charge in [-0.25, -0.2) is 4.98 Å². The maximum absolute atomic E-state index is 8.99. The molecule has 0 spiro atoms. The topological polar surface area (TPSA) is 65.6 Å². The zero-order valence-electron chi connectivity index (χ0n) is 11.0. The average molecular weight is 250 g/mol. The summed E-state index contributed by atoms with van der Waals surface area (Å²) < 4.78 is 0. The fraction of sp³-hybridized carbons (Fsp3) is 0.615. The Labute approximate surface area is 108 Å². The molecule has 1 aromatic heterocycles. The Morgan fingerprint density at radius 3 is 2.94 bits per heavy atom. The Kier molecular flexibility index (Phi) is 4.38. The molecule has 0 atom stereocenters. The smallest absolute Gasteiger partial charge is 0.152 e. The molecule has 5 nitrogen and oxygen atoms in total. The van der Waals surface area contributed by atoms with Crippen molar-refractivity contribution in [1.82, 2.24) is 9.88 Å². The first kappa shape index (κ1) is 13.1. The summed E-state index contributed by atoms with van der Waals surface area (Å²) in [5, 5.41) is 8.99. The van der Waals surface area contributed by atoms with Crippen molar-refractivity contribution in [2.24, 2.45) is 0 Å². The van der Waals surface area contributed by atoms with Crippen molar-refractivity contribution in [3.8, 4) is 0 Å². The van der Waals surface area contributed by atoms with E-state index in [4.69, 9.17) is 10.8 Å². The van der Waals surface area contributed by atoms with E-state index in [-0.39, 0.29) is 6.61 Å². The third-order valence-electron chi connectivity index (χ3n) is 3.49. The molecule has 1 aliphatic rings. The van der Waals surface area contributed by atoms with Crippen LogP contribution in [0, 0.1) is 6.92 Å². The molecule has 0 aliphatic carbocycles. The van der Waals surface area contributed by atoms with Gasteiger partial charge in [0.1, 0.15) is 0 Å². The van der Waals surface area contributed by atoms with Gasteiger partial charge in [0.25, 0.3) is 0 Å². The molecule has 0 radical (unpaired) electrons. The number of nitrogen functional groups attached to an aromatic ring is 1. The van der Waals surface area contributed by atoms with Crippen LogP contribution in [0.5, 0.6) is 0 Å². The zero-order valence-corrected chi connectivity index (χ0v) is 11.0. The highest BCUT2D eigenvalue weighted by Gasteiger charge is 2.17. The van der Waals surface area contributed by atoms with E-state index in [9.17, 15) is 0 Å². The van der Waals surface area contributed by atoms with Crippen LogP contribution in [0.3, 0.4) is 0 Å². The van der Waals surface area contributed by atoms with Gasteiger partial charge in [-0.1, -0.05) is 0 Å². The van der Waals surface area contributed by atoms with E-state index in [0.29, 0.717) is 0 Å². The van der Waals surface area contributed by atoms with Crippen LogP contribution in [0.15, 0.2) is 12.3 Å². The summed E-state index contributed by atoms with van der Waals surface area (Å²) in [6.07, 6.45) is 2.90. The van der Waals surface area contributed by atoms with Crippen LogP contribution in [0.25, 0.3) is 0 Å². The number of aliphatic hydroxyl groups excluding tert-OH is 1. The number of aryl methyl sites for hydroxylation is 1. The number of aliphatic hydroxyl groups is 1. The van der Waals surface area contributed by atoms with Gasteiger partial charge in [-0.15, -0.1) is 0 Å². The van der Waals surface area contributed by atoms with Crippen LogP contribution in [0.4, 0.5) is 11.5 Å². The van der Waals surface area contributed by atoms with Crippen molar-refractivity contribution in [1.29, 1.82) is 0 Å². The van der Waals surface area contributed by atoms with Gasteiger partial charge in [-0.05, 0) is 31.5 Å². The Morgan fingerprint density at radius 1 is 1.33 bits per heavy atom. The Bertz CT molecular complexity index is 397. The van der Waals surface area contributed by atoms with Crippen molar-refractivity contribution in [2.45, 2.75) is 13.3 Å². The van der Waals surface area contributed by atoms with E-state index >= 15 is 0 Å². The molecular formula is C13H22N4O. The third-order valence-corrected chi connectivity index (χ3v) is 3.49. The minimum Gasteiger partial charge on any atom is -0.396 e. The largest absolute Gasteiger partial charge is 0.396 e. The van der Waals surface area contributed by atoms with E-state index in [2.05, 4.69) is 14.8 Å². The van der Waals surface area contributed by atoms with Crippen molar-refractivity contribution in [3.05, 3.63) is 17.8 Å². The van der Waals surface area contributed by atoms with Crippen LogP contribution in [-0.2, 0) is 0 Å². The summed E-state index contributed by atoms with van der Waals surface area (Å²) in [6.45, 7) is 6.87. The van der Waals surface area contributed by atoms with Gasteiger partial charge in [-0.2, -0.15) is 0 Å². The van der Waals surface area contributed by atoms with Crippen LogP contribution in [-0.4, -0.2) is 54.3 Å². The molecule has 18 heavy (non-hydrogen) atoms. The van der Waals surface area contributed by atoms with E-state index < -0.39 is 0 Å². The SMILES string of the molecule is Cc1ccnc(N2CCCN(CCO)CC2)c1N. The summed E-state index contributed by atoms with van der Waals surface area (Å²) in [4.78, 5) is 8.94. The second-order valence-electron chi connectivity index (χ2n) is 4.77. The maximum atomic E-state index is 8.99. The lowest BCUT2D eigenvalue weighted by molar-refractivity contribution is 0.204. The van der Waals surface area contributed by atoms with Crippen molar-refractivity contribution < 1.29 is 5.11 Å². The number of hydrogen-bond donors (Lipinski definition) is 2. The number of pyridine rings is 1. The van der Waals surface area contributed by atoms with Gasteiger partial charge in [0.15, 0.2) is 5.82 Å². The molecule has 1 fully saturated rings. The highest BCUT2D eigenvalue weighted by molar-refractivity contribution is 5.66. The van der Waals surface area contributed by atoms with Crippen LogP contribution in [0.1, 0.15) is 12.0 Å². The molecule has 2 heterocycles. The van der Waals surface area contributed by atoms with Gasteiger partial charge < -0.3 is 15.7 Å². The number of anilines is 2. The first-order valence-electron chi connectivity index (χ1n) is 6.51. The second kappa shape index (κ2) is 6.02. The number of aromatic nitrogens is 1. The monoisotopic (exact) mass is 250 g/mol. The van der Waals surface area contributed by atoms with E-state index in [1.807, 2.05) is 19.2 Å². The fourth-order valence-corrected chi connectivity index (χ4v) is 2.36. The Balaban J connectivity index is 2.07. The number of rotatable bonds is 3. The Hall–Kier alpha value is -1.33. The highest BCUT2D eigenvalue weighted by Crippen LogP contribution is 2.24. The van der Waals surface area contributed by atoms with Crippen molar-refractivity contribution in [3.63, 3.8) is 0 Å². The molecule has 3 N–H and O–H groups in total. The standard InChI is InChI=1S/C13H22N4O/c1-11-3-4-15-13(12(11)14)17-6-2-5-16(7-8-17)9-10-18/h3-4,18H,2,5-10,14H2,1H3. The van der Waals surface area contributed by atoms with Crippen molar-refractivity contribution in [2.75, 3.05) is 50.0 Å². The minimum atomic E-state index is 0.227. The van der Waals surface area contributed by atoms with Gasteiger partial charge in [0.05, 0.1) is 12.3 Å². The lowest BCUT2D eigenvalue weighted by atomic mass is 10.2. The second-order valence-corrected chi connectivity index (χ2v) is 4.77. The van der Waals surface area contributed by atoms with E-state index in [0.717, 1.165) is 56.2 Å².